The molecule has 2 rings (SSSR count). The monoisotopic (exact) mass is 474 g/mol. The number of unbranched alkanes of at least 4 members (excludes halogenated alkanes) is 2. The van der Waals surface area contributed by atoms with Crippen LogP contribution >= 0.6 is 24.0 Å². The summed E-state index contributed by atoms with van der Waals surface area (Å²) in [5.74, 6) is 0.916. The van der Waals surface area contributed by atoms with Crippen LogP contribution in [0.15, 0.2) is 29.3 Å². The molecule has 1 aliphatic heterocycles. The highest BCUT2D eigenvalue weighted by Gasteiger charge is 2.12. The fourth-order valence-corrected chi connectivity index (χ4v) is 2.95. The molecular weight excluding hydrogens is 439 g/mol. The normalized spacial score (nSPS) is 15.4. The van der Waals surface area contributed by atoms with E-state index in [1.807, 2.05) is 0 Å². The van der Waals surface area contributed by atoms with Gasteiger partial charge in [-0.05, 0) is 24.5 Å². The molecular formula is C20H35IN4O. The molecule has 1 fully saturated rings. The van der Waals surface area contributed by atoms with Crippen LogP contribution in [-0.4, -0.2) is 50.3 Å². The number of nitrogens with one attached hydrogen (secondary N) is 2. The van der Waals surface area contributed by atoms with Gasteiger partial charge in [0.25, 0.3) is 0 Å². The molecule has 0 atom stereocenters. The molecule has 6 heteroatoms. The summed E-state index contributed by atoms with van der Waals surface area (Å²) in [5, 5.41) is 6.78. The summed E-state index contributed by atoms with van der Waals surface area (Å²) in [4.78, 5) is 7.24. The van der Waals surface area contributed by atoms with Crippen molar-refractivity contribution < 1.29 is 4.74 Å². The lowest BCUT2D eigenvalue weighted by molar-refractivity contribution is 0.0341. The SMILES string of the molecule is CCCCCNC(=NCc1ccccc1CN1CCOCC1)NCC.I. The Morgan fingerprint density at radius 1 is 1.08 bits per heavy atom. The Kier molecular flexibility index (Phi) is 12.7. The molecule has 26 heavy (non-hydrogen) atoms. The minimum Gasteiger partial charge on any atom is -0.379 e. The largest absolute Gasteiger partial charge is 0.379 e. The third-order valence-electron chi connectivity index (χ3n) is 4.44. The van der Waals surface area contributed by atoms with Gasteiger partial charge in [0.05, 0.1) is 19.8 Å². The number of halogens is 1. The Labute approximate surface area is 176 Å². The van der Waals surface area contributed by atoms with Gasteiger partial charge in [-0.1, -0.05) is 44.0 Å². The molecule has 0 unspecified atom stereocenters. The van der Waals surface area contributed by atoms with Gasteiger partial charge in [0.2, 0.25) is 0 Å². The fraction of sp³-hybridized carbons (Fsp3) is 0.650. The van der Waals surface area contributed by atoms with E-state index >= 15 is 0 Å². The number of nitrogens with zero attached hydrogens (tertiary/aromatic N) is 2. The minimum absolute atomic E-state index is 0. The van der Waals surface area contributed by atoms with Crippen molar-refractivity contribution in [3.05, 3.63) is 35.4 Å². The molecule has 1 aliphatic rings. The van der Waals surface area contributed by atoms with Crippen molar-refractivity contribution >= 4 is 29.9 Å². The van der Waals surface area contributed by atoms with Gasteiger partial charge in [-0.2, -0.15) is 0 Å². The van der Waals surface area contributed by atoms with Crippen LogP contribution in [0.1, 0.15) is 44.2 Å². The van der Waals surface area contributed by atoms with Gasteiger partial charge in [-0.15, -0.1) is 24.0 Å². The zero-order valence-electron chi connectivity index (χ0n) is 16.3. The van der Waals surface area contributed by atoms with Gasteiger partial charge in [0.1, 0.15) is 0 Å². The highest BCUT2D eigenvalue weighted by atomic mass is 127. The van der Waals surface area contributed by atoms with Gasteiger partial charge < -0.3 is 15.4 Å². The maximum absolute atomic E-state index is 5.45. The van der Waals surface area contributed by atoms with Gasteiger partial charge >= 0.3 is 0 Å². The molecule has 5 nitrogen and oxygen atoms in total. The first-order valence-corrected chi connectivity index (χ1v) is 9.72. The van der Waals surface area contributed by atoms with Gasteiger partial charge in [0, 0.05) is 32.7 Å². The van der Waals surface area contributed by atoms with Crippen molar-refractivity contribution in [2.75, 3.05) is 39.4 Å². The van der Waals surface area contributed by atoms with Crippen LogP contribution in [0, 0.1) is 0 Å². The summed E-state index contributed by atoms with van der Waals surface area (Å²) in [5.41, 5.74) is 2.68. The topological polar surface area (TPSA) is 48.9 Å². The second-order valence-corrected chi connectivity index (χ2v) is 6.49. The Bertz CT molecular complexity index is 518. The lowest BCUT2D eigenvalue weighted by Gasteiger charge is -2.27. The maximum Gasteiger partial charge on any atom is 0.191 e. The summed E-state index contributed by atoms with van der Waals surface area (Å²) in [6, 6.07) is 8.65. The van der Waals surface area contributed by atoms with Crippen LogP contribution in [0.2, 0.25) is 0 Å². The highest BCUT2D eigenvalue weighted by molar-refractivity contribution is 14.0. The van der Waals surface area contributed by atoms with Crippen LogP contribution in [-0.2, 0) is 17.8 Å². The van der Waals surface area contributed by atoms with E-state index in [2.05, 4.69) is 53.6 Å². The van der Waals surface area contributed by atoms with Crippen LogP contribution in [0.5, 0.6) is 0 Å². The third kappa shape index (κ3) is 8.68. The third-order valence-corrected chi connectivity index (χ3v) is 4.44. The Balaban J connectivity index is 0.00000338. The maximum atomic E-state index is 5.45. The fourth-order valence-electron chi connectivity index (χ4n) is 2.95. The van der Waals surface area contributed by atoms with Crippen LogP contribution in [0.3, 0.4) is 0 Å². The summed E-state index contributed by atoms with van der Waals surface area (Å²) >= 11 is 0. The molecule has 1 aromatic carbocycles. The molecule has 0 spiro atoms. The van der Waals surface area contributed by atoms with Crippen LogP contribution in [0.25, 0.3) is 0 Å². The van der Waals surface area contributed by atoms with E-state index in [1.54, 1.807) is 0 Å². The number of benzene rings is 1. The minimum atomic E-state index is 0. The molecule has 2 N–H and O–H groups in total. The van der Waals surface area contributed by atoms with Crippen LogP contribution < -0.4 is 10.6 Å². The van der Waals surface area contributed by atoms with E-state index in [4.69, 9.17) is 9.73 Å². The first-order valence-electron chi connectivity index (χ1n) is 9.72. The molecule has 0 amide bonds. The number of morpholine rings is 1. The first-order chi connectivity index (χ1) is 12.3. The van der Waals surface area contributed by atoms with Crippen LogP contribution in [0.4, 0.5) is 0 Å². The number of ether oxygens (including phenoxy) is 1. The van der Waals surface area contributed by atoms with Gasteiger partial charge in [-0.25, -0.2) is 4.99 Å². The van der Waals surface area contributed by atoms with Crippen molar-refractivity contribution in [1.82, 2.24) is 15.5 Å². The molecule has 0 radical (unpaired) electrons. The Morgan fingerprint density at radius 2 is 1.81 bits per heavy atom. The molecule has 1 saturated heterocycles. The van der Waals surface area contributed by atoms with Gasteiger partial charge in [0.15, 0.2) is 5.96 Å². The van der Waals surface area contributed by atoms with E-state index in [1.165, 1.54) is 30.4 Å². The summed E-state index contributed by atoms with van der Waals surface area (Å²) in [7, 11) is 0. The van der Waals surface area contributed by atoms with Crippen molar-refractivity contribution in [2.45, 2.75) is 46.2 Å². The number of hydrogen-bond acceptors (Lipinski definition) is 3. The standard InChI is InChI=1S/C20H34N4O.HI/c1-3-5-8-11-22-20(21-4-2)23-16-18-9-6-7-10-19(18)17-24-12-14-25-15-13-24;/h6-7,9-10H,3-5,8,11-17H2,1-2H3,(H2,21,22,23);1H. The molecule has 0 bridgehead atoms. The quantitative estimate of drug-likeness (QED) is 0.250. The predicted octanol–water partition coefficient (Wildman–Crippen LogP) is 3.38. The van der Waals surface area contributed by atoms with E-state index in [9.17, 15) is 0 Å². The zero-order chi connectivity index (χ0) is 17.7. The molecule has 1 heterocycles. The molecule has 1 aromatic rings. The van der Waals surface area contributed by atoms with Gasteiger partial charge in [-0.3, -0.25) is 4.90 Å². The highest BCUT2D eigenvalue weighted by Crippen LogP contribution is 2.14. The average molecular weight is 474 g/mol. The van der Waals surface area contributed by atoms with E-state index in [0.29, 0.717) is 6.54 Å². The lowest BCUT2D eigenvalue weighted by atomic mass is 10.1. The zero-order valence-corrected chi connectivity index (χ0v) is 18.6. The Hall–Kier alpha value is -0.860. The summed E-state index contributed by atoms with van der Waals surface area (Å²) in [6.45, 7) is 11.6. The number of aliphatic imine (C=N–C) groups is 1. The predicted molar refractivity (Wildman–Crippen MR) is 120 cm³/mol. The Morgan fingerprint density at radius 3 is 2.50 bits per heavy atom. The number of rotatable bonds is 9. The van der Waals surface area contributed by atoms with Crippen molar-refractivity contribution in [1.29, 1.82) is 0 Å². The van der Waals surface area contributed by atoms with Crippen molar-refractivity contribution in [3.8, 4) is 0 Å². The molecule has 0 aliphatic carbocycles. The van der Waals surface area contributed by atoms with Crippen molar-refractivity contribution in [3.63, 3.8) is 0 Å². The van der Waals surface area contributed by atoms with E-state index < -0.39 is 0 Å². The molecule has 0 saturated carbocycles. The smallest absolute Gasteiger partial charge is 0.191 e. The lowest BCUT2D eigenvalue weighted by Crippen LogP contribution is -2.37. The number of hydrogen-bond donors (Lipinski definition) is 2. The second kappa shape index (κ2) is 14.2. The number of guanidine groups is 1. The van der Waals surface area contributed by atoms with E-state index in [0.717, 1.165) is 51.9 Å². The average Bonchev–Trinajstić information content (AvgIpc) is 2.65. The molecule has 0 aromatic heterocycles. The second-order valence-electron chi connectivity index (χ2n) is 6.49. The summed E-state index contributed by atoms with van der Waals surface area (Å²) < 4.78 is 5.45. The molecule has 148 valence electrons. The first kappa shape index (κ1) is 23.2. The van der Waals surface area contributed by atoms with Crippen molar-refractivity contribution in [2.24, 2.45) is 4.99 Å². The van der Waals surface area contributed by atoms with E-state index in [-0.39, 0.29) is 24.0 Å². The summed E-state index contributed by atoms with van der Waals surface area (Å²) in [6.07, 6.45) is 3.69.